The molecule has 0 fully saturated rings. The second-order valence-electron chi connectivity index (χ2n) is 3.94. The predicted molar refractivity (Wildman–Crippen MR) is 73.4 cm³/mol. The van der Waals surface area contributed by atoms with Gasteiger partial charge in [0.15, 0.2) is 0 Å². The predicted octanol–water partition coefficient (Wildman–Crippen LogP) is 4.05. The number of rotatable bonds is 7. The fraction of sp³-hybridized carbons (Fsp3) is 0.538. The molecule has 0 aliphatic heterocycles. The van der Waals surface area contributed by atoms with E-state index in [1.54, 1.807) is 0 Å². The minimum atomic E-state index is 0.684. The largest absolute Gasteiger partial charge is 0.376 e. The summed E-state index contributed by atoms with van der Waals surface area (Å²) in [5, 5.41) is 0. The summed E-state index contributed by atoms with van der Waals surface area (Å²) in [4.78, 5) is 0. The number of alkyl halides is 1. The van der Waals surface area contributed by atoms with Gasteiger partial charge in [-0.1, -0.05) is 59.8 Å². The maximum atomic E-state index is 5.68. The van der Waals surface area contributed by atoms with Crippen molar-refractivity contribution in [2.45, 2.75) is 26.4 Å². The van der Waals surface area contributed by atoms with Crippen LogP contribution >= 0.6 is 22.6 Å². The van der Waals surface area contributed by atoms with Crippen LogP contribution in [0, 0.1) is 5.92 Å². The maximum Gasteiger partial charge on any atom is 0.0717 e. The van der Waals surface area contributed by atoms with E-state index in [2.05, 4.69) is 53.8 Å². The molecule has 1 atom stereocenters. The Bertz CT molecular complexity index is 248. The molecule has 0 aromatic heterocycles. The molecule has 1 aromatic rings. The van der Waals surface area contributed by atoms with Crippen molar-refractivity contribution in [3.05, 3.63) is 35.9 Å². The van der Waals surface area contributed by atoms with Gasteiger partial charge in [0.2, 0.25) is 0 Å². The van der Waals surface area contributed by atoms with Gasteiger partial charge < -0.3 is 4.74 Å². The second-order valence-corrected chi connectivity index (χ2v) is 5.02. The zero-order valence-corrected chi connectivity index (χ0v) is 11.4. The molecular formula is C13H19IO. The Kier molecular flexibility index (Phi) is 7.01. The molecule has 84 valence electrons. The molecule has 0 radical (unpaired) electrons. The smallest absolute Gasteiger partial charge is 0.0717 e. The van der Waals surface area contributed by atoms with E-state index in [1.807, 2.05) is 6.07 Å². The fourth-order valence-electron chi connectivity index (χ4n) is 1.46. The van der Waals surface area contributed by atoms with Crippen LogP contribution in [0.25, 0.3) is 0 Å². The van der Waals surface area contributed by atoms with Crippen LogP contribution in [0.2, 0.25) is 0 Å². The summed E-state index contributed by atoms with van der Waals surface area (Å²) >= 11 is 2.43. The first-order chi connectivity index (χ1) is 7.33. The number of hydrogen-bond acceptors (Lipinski definition) is 1. The molecule has 0 bridgehead atoms. The van der Waals surface area contributed by atoms with Crippen molar-refractivity contribution in [3.8, 4) is 0 Å². The lowest BCUT2D eigenvalue weighted by Crippen LogP contribution is -2.06. The molecule has 0 amide bonds. The van der Waals surface area contributed by atoms with Crippen molar-refractivity contribution >= 4 is 22.6 Å². The highest BCUT2D eigenvalue weighted by molar-refractivity contribution is 14.1. The van der Waals surface area contributed by atoms with E-state index < -0.39 is 0 Å². The fourth-order valence-corrected chi connectivity index (χ4v) is 1.90. The zero-order valence-electron chi connectivity index (χ0n) is 9.29. The third kappa shape index (κ3) is 6.15. The molecule has 0 saturated heterocycles. The highest BCUT2D eigenvalue weighted by Crippen LogP contribution is 2.09. The Balaban J connectivity index is 2.11. The van der Waals surface area contributed by atoms with Crippen LogP contribution in [0.1, 0.15) is 25.3 Å². The molecule has 15 heavy (non-hydrogen) atoms. The third-order valence-corrected chi connectivity index (χ3v) is 3.11. The molecule has 0 aliphatic carbocycles. The highest BCUT2D eigenvalue weighted by atomic mass is 127. The van der Waals surface area contributed by atoms with E-state index in [4.69, 9.17) is 4.74 Å². The lowest BCUT2D eigenvalue weighted by Gasteiger charge is -2.11. The van der Waals surface area contributed by atoms with Crippen molar-refractivity contribution in [2.75, 3.05) is 11.0 Å². The van der Waals surface area contributed by atoms with E-state index >= 15 is 0 Å². The van der Waals surface area contributed by atoms with Crippen LogP contribution in [-0.2, 0) is 11.3 Å². The van der Waals surface area contributed by atoms with E-state index in [0.29, 0.717) is 5.92 Å². The molecule has 0 saturated carbocycles. The van der Waals surface area contributed by atoms with Gasteiger partial charge in [0.1, 0.15) is 0 Å². The Morgan fingerprint density at radius 1 is 1.27 bits per heavy atom. The van der Waals surface area contributed by atoms with Crippen molar-refractivity contribution in [1.29, 1.82) is 0 Å². The van der Waals surface area contributed by atoms with Crippen LogP contribution in [0.3, 0.4) is 0 Å². The summed E-state index contributed by atoms with van der Waals surface area (Å²) in [6.45, 7) is 3.89. The molecule has 0 heterocycles. The minimum Gasteiger partial charge on any atom is -0.376 e. The monoisotopic (exact) mass is 318 g/mol. The minimum absolute atomic E-state index is 0.684. The zero-order chi connectivity index (χ0) is 10.9. The molecule has 2 heteroatoms. The number of hydrogen-bond donors (Lipinski definition) is 0. The maximum absolute atomic E-state index is 5.68. The van der Waals surface area contributed by atoms with Crippen LogP contribution in [-0.4, -0.2) is 11.0 Å². The molecule has 0 aliphatic rings. The van der Waals surface area contributed by atoms with E-state index in [0.717, 1.165) is 13.2 Å². The van der Waals surface area contributed by atoms with Gasteiger partial charge in [-0.3, -0.25) is 0 Å². The van der Waals surface area contributed by atoms with Gasteiger partial charge in [-0.05, 0) is 28.8 Å². The van der Waals surface area contributed by atoms with Gasteiger partial charge in [-0.15, -0.1) is 0 Å². The van der Waals surface area contributed by atoms with E-state index in [9.17, 15) is 0 Å². The van der Waals surface area contributed by atoms with Gasteiger partial charge in [-0.2, -0.15) is 0 Å². The molecule has 0 spiro atoms. The molecular weight excluding hydrogens is 299 g/mol. The molecule has 1 rings (SSSR count). The first-order valence-electron chi connectivity index (χ1n) is 5.50. The summed E-state index contributed by atoms with van der Waals surface area (Å²) < 4.78 is 6.93. The third-order valence-electron chi connectivity index (χ3n) is 2.34. The quantitative estimate of drug-likeness (QED) is 0.544. The van der Waals surface area contributed by atoms with Crippen molar-refractivity contribution < 1.29 is 4.74 Å². The number of ether oxygens (including phenoxy) is 1. The lowest BCUT2D eigenvalue weighted by molar-refractivity contribution is 0.0895. The number of benzene rings is 1. The van der Waals surface area contributed by atoms with Gasteiger partial charge in [0.05, 0.1) is 6.61 Å². The standard InChI is InChI=1S/C13H19IO/c1-12(6-5-9-14)10-15-11-13-7-3-2-4-8-13/h2-4,7-8,12H,5-6,9-11H2,1H3. The highest BCUT2D eigenvalue weighted by Gasteiger charge is 2.01. The lowest BCUT2D eigenvalue weighted by atomic mass is 10.1. The van der Waals surface area contributed by atoms with Gasteiger partial charge >= 0.3 is 0 Å². The van der Waals surface area contributed by atoms with E-state index in [1.165, 1.54) is 22.8 Å². The van der Waals surface area contributed by atoms with E-state index in [-0.39, 0.29) is 0 Å². The van der Waals surface area contributed by atoms with Crippen molar-refractivity contribution in [3.63, 3.8) is 0 Å². The molecule has 1 aromatic carbocycles. The summed E-state index contributed by atoms with van der Waals surface area (Å²) in [7, 11) is 0. The van der Waals surface area contributed by atoms with Crippen LogP contribution in [0.5, 0.6) is 0 Å². The molecule has 1 nitrogen and oxygen atoms in total. The summed E-state index contributed by atoms with van der Waals surface area (Å²) in [6.07, 6.45) is 2.58. The van der Waals surface area contributed by atoms with Crippen LogP contribution in [0.15, 0.2) is 30.3 Å². The molecule has 1 unspecified atom stereocenters. The average molecular weight is 318 g/mol. The van der Waals surface area contributed by atoms with Crippen LogP contribution < -0.4 is 0 Å². The Hall–Kier alpha value is -0.0900. The van der Waals surface area contributed by atoms with Gasteiger partial charge in [0, 0.05) is 6.61 Å². The first-order valence-corrected chi connectivity index (χ1v) is 7.03. The Labute approximate surface area is 106 Å². The van der Waals surface area contributed by atoms with Gasteiger partial charge in [-0.25, -0.2) is 0 Å². The topological polar surface area (TPSA) is 9.23 Å². The molecule has 0 N–H and O–H groups in total. The first kappa shape index (κ1) is 13.0. The summed E-state index contributed by atoms with van der Waals surface area (Å²) in [5.41, 5.74) is 1.26. The SMILES string of the molecule is CC(CCCI)COCc1ccccc1. The normalized spacial score (nSPS) is 12.7. The Morgan fingerprint density at radius 2 is 2.00 bits per heavy atom. The van der Waals surface area contributed by atoms with Crippen molar-refractivity contribution in [1.82, 2.24) is 0 Å². The van der Waals surface area contributed by atoms with Gasteiger partial charge in [0.25, 0.3) is 0 Å². The average Bonchev–Trinajstić information content (AvgIpc) is 2.28. The number of halogens is 1. The second kappa shape index (κ2) is 8.11. The van der Waals surface area contributed by atoms with Crippen molar-refractivity contribution in [2.24, 2.45) is 5.92 Å². The summed E-state index contributed by atoms with van der Waals surface area (Å²) in [5.74, 6) is 0.684. The summed E-state index contributed by atoms with van der Waals surface area (Å²) in [6, 6.07) is 10.4. The Morgan fingerprint density at radius 3 is 2.67 bits per heavy atom. The van der Waals surface area contributed by atoms with Crippen LogP contribution in [0.4, 0.5) is 0 Å².